The molecule has 0 bridgehead atoms. The maximum absolute atomic E-state index is 6.28. The average molecular weight is 291 g/mol. The lowest BCUT2D eigenvalue weighted by molar-refractivity contribution is 0.748. The summed E-state index contributed by atoms with van der Waals surface area (Å²) in [6.07, 6.45) is 0. The molecule has 1 unspecified atom stereocenters. The van der Waals surface area contributed by atoms with Gasteiger partial charge in [0.05, 0.1) is 23.0 Å². The minimum absolute atomic E-state index is 0.0901. The molecule has 1 atom stereocenters. The molecule has 0 spiro atoms. The van der Waals surface area contributed by atoms with E-state index in [9.17, 15) is 0 Å². The van der Waals surface area contributed by atoms with Gasteiger partial charge in [-0.05, 0) is 43.0 Å². The third-order valence-corrected chi connectivity index (χ3v) is 4.51. The van der Waals surface area contributed by atoms with Crippen molar-refractivity contribution in [1.82, 2.24) is 9.55 Å². The smallest absolute Gasteiger partial charge is 0.128 e. The van der Waals surface area contributed by atoms with Crippen LogP contribution < -0.4 is 0 Å². The summed E-state index contributed by atoms with van der Waals surface area (Å²) in [6, 6.07) is 10.4. The number of hydrogen-bond acceptors (Lipinski definition) is 2. The molecular weight excluding hydrogens is 276 g/mol. The van der Waals surface area contributed by atoms with E-state index in [2.05, 4.69) is 34.0 Å². The van der Waals surface area contributed by atoms with Crippen LogP contribution in [0.2, 0.25) is 0 Å². The Bertz CT molecular complexity index is 712. The molecule has 0 aliphatic carbocycles. The van der Waals surface area contributed by atoms with Gasteiger partial charge >= 0.3 is 0 Å². The van der Waals surface area contributed by atoms with E-state index in [1.165, 1.54) is 10.4 Å². The fourth-order valence-corrected chi connectivity index (χ4v) is 3.33. The van der Waals surface area contributed by atoms with Gasteiger partial charge in [-0.3, -0.25) is 0 Å². The molecule has 3 rings (SSSR count). The zero-order valence-electron chi connectivity index (χ0n) is 10.9. The summed E-state index contributed by atoms with van der Waals surface area (Å²) in [5.74, 6) is 0.940. The Hall–Kier alpha value is -1.32. The molecule has 0 saturated carbocycles. The number of hydrogen-bond donors (Lipinski definition) is 0. The number of para-hydroxylation sites is 2. The van der Waals surface area contributed by atoms with E-state index in [0.29, 0.717) is 0 Å². The van der Waals surface area contributed by atoms with Gasteiger partial charge in [-0.1, -0.05) is 12.1 Å². The predicted octanol–water partition coefficient (Wildman–Crippen LogP) is 4.75. The Balaban J connectivity index is 2.15. The molecular formula is C15H15ClN2S. The van der Waals surface area contributed by atoms with Crippen molar-refractivity contribution >= 4 is 34.0 Å². The Labute approximate surface area is 121 Å². The van der Waals surface area contributed by atoms with E-state index in [1.54, 1.807) is 11.3 Å². The molecule has 0 aliphatic rings. The lowest BCUT2D eigenvalue weighted by Crippen LogP contribution is -2.05. The monoisotopic (exact) mass is 290 g/mol. The highest BCUT2D eigenvalue weighted by Gasteiger charge is 2.15. The van der Waals surface area contributed by atoms with E-state index in [4.69, 9.17) is 11.6 Å². The first-order valence-corrected chi connectivity index (χ1v) is 7.60. The first-order chi connectivity index (χ1) is 9.16. The normalized spacial score (nSPS) is 13.0. The summed E-state index contributed by atoms with van der Waals surface area (Å²) in [7, 11) is 0. The molecule has 0 aliphatic heterocycles. The topological polar surface area (TPSA) is 17.8 Å². The third kappa shape index (κ3) is 2.28. The summed E-state index contributed by atoms with van der Waals surface area (Å²) in [6.45, 7) is 4.96. The van der Waals surface area contributed by atoms with Gasteiger partial charge in [0, 0.05) is 4.88 Å². The third-order valence-electron chi connectivity index (χ3n) is 3.31. The zero-order valence-corrected chi connectivity index (χ0v) is 12.5. The van der Waals surface area contributed by atoms with Crippen LogP contribution in [0.1, 0.15) is 28.6 Å². The van der Waals surface area contributed by atoms with Crippen molar-refractivity contribution < 1.29 is 0 Å². The minimum Gasteiger partial charge on any atom is -0.321 e. The van der Waals surface area contributed by atoms with E-state index in [0.717, 1.165) is 23.4 Å². The first-order valence-electron chi connectivity index (χ1n) is 6.29. The van der Waals surface area contributed by atoms with Crippen LogP contribution in [0.3, 0.4) is 0 Å². The van der Waals surface area contributed by atoms with E-state index >= 15 is 0 Å². The van der Waals surface area contributed by atoms with Crippen molar-refractivity contribution in [3.05, 3.63) is 52.0 Å². The fourth-order valence-electron chi connectivity index (χ4n) is 2.27. The SMILES string of the molecule is Cc1ccsc1Cn1c(C(C)Cl)nc2ccccc21. The average Bonchev–Trinajstić information content (AvgIpc) is 2.95. The molecule has 2 heterocycles. The molecule has 0 fully saturated rings. The van der Waals surface area contributed by atoms with Gasteiger partial charge in [-0.15, -0.1) is 22.9 Å². The molecule has 1 aromatic carbocycles. The molecule has 19 heavy (non-hydrogen) atoms. The number of fused-ring (bicyclic) bond motifs is 1. The van der Waals surface area contributed by atoms with Gasteiger partial charge in [-0.2, -0.15) is 0 Å². The van der Waals surface area contributed by atoms with Crippen LogP contribution in [0.4, 0.5) is 0 Å². The Morgan fingerprint density at radius 2 is 2.11 bits per heavy atom. The van der Waals surface area contributed by atoms with Crippen molar-refractivity contribution in [3.8, 4) is 0 Å². The van der Waals surface area contributed by atoms with Crippen LogP contribution in [0.25, 0.3) is 11.0 Å². The highest BCUT2D eigenvalue weighted by atomic mass is 35.5. The molecule has 2 nitrogen and oxygen atoms in total. The highest BCUT2D eigenvalue weighted by Crippen LogP contribution is 2.27. The van der Waals surface area contributed by atoms with Crippen LogP contribution in [0, 0.1) is 6.92 Å². The number of rotatable bonds is 3. The molecule has 2 aromatic heterocycles. The maximum atomic E-state index is 6.28. The van der Waals surface area contributed by atoms with Gasteiger partial charge in [0.25, 0.3) is 0 Å². The van der Waals surface area contributed by atoms with E-state index in [1.807, 2.05) is 25.1 Å². The quantitative estimate of drug-likeness (QED) is 0.636. The molecule has 3 aromatic rings. The number of nitrogens with zero attached hydrogens (tertiary/aromatic N) is 2. The molecule has 0 radical (unpaired) electrons. The van der Waals surface area contributed by atoms with Crippen LogP contribution in [-0.2, 0) is 6.54 Å². The van der Waals surface area contributed by atoms with Gasteiger partial charge in [0.15, 0.2) is 0 Å². The van der Waals surface area contributed by atoms with Gasteiger partial charge < -0.3 is 4.57 Å². The van der Waals surface area contributed by atoms with Gasteiger partial charge in [-0.25, -0.2) is 4.98 Å². The highest BCUT2D eigenvalue weighted by molar-refractivity contribution is 7.10. The second kappa shape index (κ2) is 4.99. The number of thiophene rings is 1. The van der Waals surface area contributed by atoms with E-state index in [-0.39, 0.29) is 5.38 Å². The lowest BCUT2D eigenvalue weighted by atomic mass is 10.2. The number of imidazole rings is 1. The number of aromatic nitrogens is 2. The standard InChI is InChI=1S/C15H15ClN2S/c1-10-7-8-19-14(10)9-18-13-6-4-3-5-12(13)17-15(18)11(2)16/h3-8,11H,9H2,1-2H3. The van der Waals surface area contributed by atoms with Crippen LogP contribution in [0.15, 0.2) is 35.7 Å². The second-order valence-corrected chi connectivity index (χ2v) is 6.34. The van der Waals surface area contributed by atoms with Crippen LogP contribution >= 0.6 is 22.9 Å². The van der Waals surface area contributed by atoms with Crippen molar-refractivity contribution in [2.75, 3.05) is 0 Å². The van der Waals surface area contributed by atoms with Crippen LogP contribution in [0.5, 0.6) is 0 Å². The molecule has 98 valence electrons. The van der Waals surface area contributed by atoms with Crippen molar-refractivity contribution in [2.45, 2.75) is 25.8 Å². The van der Waals surface area contributed by atoms with Crippen LogP contribution in [-0.4, -0.2) is 9.55 Å². The molecule has 0 saturated heterocycles. The van der Waals surface area contributed by atoms with Gasteiger partial charge in [0.1, 0.15) is 5.82 Å². The van der Waals surface area contributed by atoms with Crippen molar-refractivity contribution in [1.29, 1.82) is 0 Å². The second-order valence-electron chi connectivity index (χ2n) is 4.69. The summed E-state index contributed by atoms with van der Waals surface area (Å²) in [4.78, 5) is 6.02. The zero-order chi connectivity index (χ0) is 13.4. The first kappa shape index (κ1) is 12.7. The van der Waals surface area contributed by atoms with Gasteiger partial charge in [0.2, 0.25) is 0 Å². The van der Waals surface area contributed by atoms with Crippen molar-refractivity contribution in [3.63, 3.8) is 0 Å². The Morgan fingerprint density at radius 1 is 1.32 bits per heavy atom. The van der Waals surface area contributed by atoms with E-state index < -0.39 is 0 Å². The minimum atomic E-state index is -0.0901. The van der Waals surface area contributed by atoms with Crippen molar-refractivity contribution in [2.24, 2.45) is 0 Å². The molecule has 0 amide bonds. The summed E-state index contributed by atoms with van der Waals surface area (Å²) in [5, 5.41) is 2.04. The number of halogens is 1. The predicted molar refractivity (Wildman–Crippen MR) is 82.2 cm³/mol. The summed E-state index contributed by atoms with van der Waals surface area (Å²) < 4.78 is 2.23. The Morgan fingerprint density at radius 3 is 2.79 bits per heavy atom. The lowest BCUT2D eigenvalue weighted by Gasteiger charge is -2.10. The largest absolute Gasteiger partial charge is 0.321 e. The molecule has 4 heteroatoms. The summed E-state index contributed by atoms with van der Waals surface area (Å²) in [5.41, 5.74) is 3.49. The maximum Gasteiger partial charge on any atom is 0.128 e. The number of aryl methyl sites for hydroxylation is 1. The number of alkyl halides is 1. The number of benzene rings is 1. The Kier molecular flexibility index (Phi) is 3.33. The molecule has 0 N–H and O–H groups in total. The summed E-state index contributed by atoms with van der Waals surface area (Å²) >= 11 is 8.06. The fraction of sp³-hybridized carbons (Fsp3) is 0.267.